The van der Waals surface area contributed by atoms with Crippen LogP contribution in [-0.2, 0) is 0 Å². The molecule has 0 aliphatic carbocycles. The fourth-order valence-corrected chi connectivity index (χ4v) is 1.97. The summed E-state index contributed by atoms with van der Waals surface area (Å²) in [7, 11) is 0. The number of hydrogen-bond acceptors (Lipinski definition) is 3. The van der Waals surface area contributed by atoms with Crippen LogP contribution in [0.1, 0.15) is 31.3 Å². The van der Waals surface area contributed by atoms with E-state index in [1.54, 1.807) is 0 Å². The summed E-state index contributed by atoms with van der Waals surface area (Å²) >= 11 is 0. The average molecular weight is 208 g/mol. The van der Waals surface area contributed by atoms with Crippen molar-refractivity contribution in [3.63, 3.8) is 0 Å². The first-order chi connectivity index (χ1) is 7.09. The van der Waals surface area contributed by atoms with Gasteiger partial charge in [-0.3, -0.25) is 4.68 Å². The zero-order chi connectivity index (χ0) is 11.0. The molecular weight excluding hydrogens is 188 g/mol. The van der Waals surface area contributed by atoms with Gasteiger partial charge in [-0.25, -0.2) is 0 Å². The van der Waals surface area contributed by atoms with Crippen LogP contribution in [0.25, 0.3) is 0 Å². The number of anilines is 1. The fourth-order valence-electron chi connectivity index (χ4n) is 1.97. The van der Waals surface area contributed by atoms with Crippen LogP contribution in [0.2, 0.25) is 0 Å². The Hall–Kier alpha value is -1.03. The van der Waals surface area contributed by atoms with Crippen molar-refractivity contribution in [2.45, 2.75) is 39.8 Å². The van der Waals surface area contributed by atoms with Gasteiger partial charge in [0, 0.05) is 19.1 Å². The number of aromatic nitrogens is 2. The molecule has 1 aromatic rings. The van der Waals surface area contributed by atoms with Crippen molar-refractivity contribution < 1.29 is 0 Å². The molecule has 4 heteroatoms. The summed E-state index contributed by atoms with van der Waals surface area (Å²) in [5, 5.41) is 11.4. The predicted molar refractivity (Wildman–Crippen MR) is 62.4 cm³/mol. The molecule has 4 nitrogen and oxygen atoms in total. The Morgan fingerprint density at radius 2 is 2.07 bits per heavy atom. The Morgan fingerprint density at radius 1 is 1.40 bits per heavy atom. The summed E-state index contributed by atoms with van der Waals surface area (Å²) < 4.78 is 2.09. The van der Waals surface area contributed by atoms with Crippen LogP contribution in [0.5, 0.6) is 0 Å². The van der Waals surface area contributed by atoms with Gasteiger partial charge in [0.1, 0.15) is 0 Å². The van der Waals surface area contributed by atoms with E-state index in [1.807, 2.05) is 0 Å². The van der Waals surface area contributed by atoms with E-state index in [9.17, 15) is 0 Å². The SMILES string of the molecule is Cc1nn(C(C)C)c(C)c1NC1CNC1. The molecule has 0 saturated carbocycles. The van der Waals surface area contributed by atoms with Crippen molar-refractivity contribution in [3.05, 3.63) is 11.4 Å². The van der Waals surface area contributed by atoms with Gasteiger partial charge in [0.2, 0.25) is 0 Å². The third-order valence-corrected chi connectivity index (χ3v) is 2.94. The highest BCUT2D eigenvalue weighted by atomic mass is 15.3. The summed E-state index contributed by atoms with van der Waals surface area (Å²) in [6, 6.07) is 1.01. The maximum absolute atomic E-state index is 4.55. The summed E-state index contributed by atoms with van der Waals surface area (Å²) in [6.07, 6.45) is 0. The summed E-state index contributed by atoms with van der Waals surface area (Å²) in [5.41, 5.74) is 3.57. The van der Waals surface area contributed by atoms with Crippen molar-refractivity contribution in [1.82, 2.24) is 15.1 Å². The van der Waals surface area contributed by atoms with Crippen LogP contribution in [0.3, 0.4) is 0 Å². The first kappa shape index (κ1) is 10.5. The molecule has 0 bridgehead atoms. The molecule has 0 unspecified atom stereocenters. The van der Waals surface area contributed by atoms with E-state index in [-0.39, 0.29) is 0 Å². The summed E-state index contributed by atoms with van der Waals surface area (Å²) in [4.78, 5) is 0. The lowest BCUT2D eigenvalue weighted by Gasteiger charge is -2.29. The molecule has 84 valence electrons. The average Bonchev–Trinajstić information content (AvgIpc) is 2.36. The van der Waals surface area contributed by atoms with Gasteiger partial charge in [0.25, 0.3) is 0 Å². The van der Waals surface area contributed by atoms with Crippen molar-refractivity contribution in [2.75, 3.05) is 18.4 Å². The largest absolute Gasteiger partial charge is 0.377 e. The molecule has 1 aliphatic rings. The van der Waals surface area contributed by atoms with E-state index >= 15 is 0 Å². The van der Waals surface area contributed by atoms with E-state index in [0.29, 0.717) is 12.1 Å². The van der Waals surface area contributed by atoms with Gasteiger partial charge >= 0.3 is 0 Å². The van der Waals surface area contributed by atoms with Crippen LogP contribution < -0.4 is 10.6 Å². The maximum atomic E-state index is 4.55. The standard InChI is InChI=1S/C11H20N4/c1-7(2)15-9(4)11(8(3)14-15)13-10-5-12-6-10/h7,10,12-13H,5-6H2,1-4H3. The number of nitrogens with zero attached hydrogens (tertiary/aromatic N) is 2. The lowest BCUT2D eigenvalue weighted by molar-refractivity contribution is 0.471. The van der Waals surface area contributed by atoms with Gasteiger partial charge in [0.05, 0.1) is 23.1 Å². The summed E-state index contributed by atoms with van der Waals surface area (Å²) in [6.45, 7) is 10.6. The zero-order valence-corrected chi connectivity index (χ0v) is 9.96. The van der Waals surface area contributed by atoms with E-state index in [1.165, 1.54) is 11.4 Å². The second-order valence-corrected chi connectivity index (χ2v) is 4.58. The van der Waals surface area contributed by atoms with Gasteiger partial charge in [-0.2, -0.15) is 5.10 Å². The Kier molecular flexibility index (Phi) is 2.69. The second-order valence-electron chi connectivity index (χ2n) is 4.58. The number of nitrogens with one attached hydrogen (secondary N) is 2. The highest BCUT2D eigenvalue weighted by Gasteiger charge is 2.20. The molecule has 2 rings (SSSR count). The molecule has 0 aromatic carbocycles. The summed E-state index contributed by atoms with van der Waals surface area (Å²) in [5.74, 6) is 0. The van der Waals surface area contributed by atoms with Gasteiger partial charge < -0.3 is 10.6 Å². The highest BCUT2D eigenvalue weighted by Crippen LogP contribution is 2.23. The smallest absolute Gasteiger partial charge is 0.0828 e. The topological polar surface area (TPSA) is 41.9 Å². The Labute approximate surface area is 91.1 Å². The number of hydrogen-bond donors (Lipinski definition) is 2. The molecule has 2 heterocycles. The lowest BCUT2D eigenvalue weighted by Crippen LogP contribution is -2.51. The van der Waals surface area contributed by atoms with Gasteiger partial charge in [0.15, 0.2) is 0 Å². The van der Waals surface area contributed by atoms with Crippen LogP contribution in [0, 0.1) is 13.8 Å². The number of aryl methyl sites for hydroxylation is 1. The minimum atomic E-state index is 0.429. The molecular formula is C11H20N4. The van der Waals surface area contributed by atoms with Crippen LogP contribution in [-0.4, -0.2) is 28.9 Å². The van der Waals surface area contributed by atoms with E-state index in [0.717, 1.165) is 18.8 Å². The molecule has 1 aromatic heterocycles. The highest BCUT2D eigenvalue weighted by molar-refractivity contribution is 5.53. The minimum absolute atomic E-state index is 0.429. The normalized spacial score (nSPS) is 16.9. The van der Waals surface area contributed by atoms with E-state index in [2.05, 4.69) is 48.1 Å². The van der Waals surface area contributed by atoms with E-state index in [4.69, 9.17) is 0 Å². The molecule has 2 N–H and O–H groups in total. The Balaban J connectivity index is 2.21. The molecule has 0 atom stereocenters. The lowest BCUT2D eigenvalue weighted by atomic mass is 10.1. The molecule has 0 radical (unpaired) electrons. The molecule has 1 aliphatic heterocycles. The Morgan fingerprint density at radius 3 is 2.47 bits per heavy atom. The third kappa shape index (κ3) is 1.86. The van der Waals surface area contributed by atoms with Crippen LogP contribution in [0.15, 0.2) is 0 Å². The molecule has 0 spiro atoms. The molecule has 0 amide bonds. The molecule has 1 fully saturated rings. The van der Waals surface area contributed by atoms with Crippen LogP contribution in [0.4, 0.5) is 5.69 Å². The number of rotatable bonds is 3. The first-order valence-electron chi connectivity index (χ1n) is 5.62. The predicted octanol–water partition coefficient (Wildman–Crippen LogP) is 1.46. The third-order valence-electron chi connectivity index (χ3n) is 2.94. The zero-order valence-electron chi connectivity index (χ0n) is 9.96. The maximum Gasteiger partial charge on any atom is 0.0828 e. The monoisotopic (exact) mass is 208 g/mol. The van der Waals surface area contributed by atoms with E-state index < -0.39 is 0 Å². The van der Waals surface area contributed by atoms with Crippen molar-refractivity contribution in [1.29, 1.82) is 0 Å². The fraction of sp³-hybridized carbons (Fsp3) is 0.727. The molecule has 15 heavy (non-hydrogen) atoms. The minimum Gasteiger partial charge on any atom is -0.377 e. The van der Waals surface area contributed by atoms with Gasteiger partial charge in [-0.15, -0.1) is 0 Å². The van der Waals surface area contributed by atoms with Gasteiger partial charge in [-0.1, -0.05) is 0 Å². The quantitative estimate of drug-likeness (QED) is 0.790. The van der Waals surface area contributed by atoms with Crippen LogP contribution >= 0.6 is 0 Å². The van der Waals surface area contributed by atoms with Crippen molar-refractivity contribution in [2.24, 2.45) is 0 Å². The van der Waals surface area contributed by atoms with Crippen molar-refractivity contribution >= 4 is 5.69 Å². The first-order valence-corrected chi connectivity index (χ1v) is 5.62. The second kappa shape index (κ2) is 3.85. The molecule has 1 saturated heterocycles. The van der Waals surface area contributed by atoms with Gasteiger partial charge in [-0.05, 0) is 27.7 Å². The Bertz CT molecular complexity index is 350. The van der Waals surface area contributed by atoms with Crippen molar-refractivity contribution in [3.8, 4) is 0 Å².